The first-order valence-electron chi connectivity index (χ1n) is 12.0. The normalized spacial score (nSPS) is 19.5. The lowest BCUT2D eigenvalue weighted by Crippen LogP contribution is -2.38. The maximum Gasteiger partial charge on any atom is 0.255 e. The van der Waals surface area contributed by atoms with Crippen LogP contribution in [0.5, 0.6) is 0 Å². The zero-order valence-electron chi connectivity index (χ0n) is 19.7. The van der Waals surface area contributed by atoms with Gasteiger partial charge < -0.3 is 15.0 Å². The smallest absolute Gasteiger partial charge is 0.255 e. The van der Waals surface area contributed by atoms with Gasteiger partial charge in [0.15, 0.2) is 0 Å². The van der Waals surface area contributed by atoms with E-state index in [0.29, 0.717) is 56.0 Å². The molecule has 2 aliphatic heterocycles. The highest BCUT2D eigenvalue weighted by Gasteiger charge is 2.19. The number of rotatable bonds is 7. The van der Waals surface area contributed by atoms with Gasteiger partial charge >= 0.3 is 0 Å². The lowest BCUT2D eigenvalue weighted by molar-refractivity contribution is -0.116. The van der Waals surface area contributed by atoms with Crippen LogP contribution in [0.4, 0.5) is 11.6 Å². The fraction of sp³-hybridized carbons (Fsp3) is 0.560. The summed E-state index contributed by atoms with van der Waals surface area (Å²) in [6.07, 6.45) is 4.44. The highest BCUT2D eigenvalue weighted by Crippen LogP contribution is 2.20. The summed E-state index contributed by atoms with van der Waals surface area (Å²) >= 11 is 0. The van der Waals surface area contributed by atoms with E-state index in [4.69, 9.17) is 4.74 Å². The molecule has 1 aromatic carbocycles. The Hall–Kier alpha value is -2.71. The molecule has 1 atom stereocenters. The van der Waals surface area contributed by atoms with Crippen LogP contribution in [-0.4, -0.2) is 59.7 Å². The molecule has 3 heterocycles. The summed E-state index contributed by atoms with van der Waals surface area (Å²) in [5.74, 6) is 0.469. The number of nitrogens with one attached hydrogen (secondary N) is 2. The van der Waals surface area contributed by atoms with Crippen LogP contribution in [0.2, 0.25) is 0 Å². The van der Waals surface area contributed by atoms with E-state index in [-0.39, 0.29) is 17.9 Å². The van der Waals surface area contributed by atoms with Crippen molar-refractivity contribution in [2.75, 3.05) is 43.1 Å². The summed E-state index contributed by atoms with van der Waals surface area (Å²) in [4.78, 5) is 37.1. The summed E-state index contributed by atoms with van der Waals surface area (Å²) in [6, 6.07) is 8.71. The average Bonchev–Trinajstić information content (AvgIpc) is 2.82. The molecule has 2 N–H and O–H groups in total. The van der Waals surface area contributed by atoms with Crippen molar-refractivity contribution < 1.29 is 9.53 Å². The maximum absolute atomic E-state index is 12.6. The number of carbonyl (C=O) groups excluding carboxylic acids is 1. The zero-order valence-corrected chi connectivity index (χ0v) is 19.7. The molecule has 0 spiro atoms. The number of aryl methyl sites for hydroxylation is 1. The minimum Gasteiger partial charge on any atom is -0.378 e. The van der Waals surface area contributed by atoms with Gasteiger partial charge in [-0.25, -0.2) is 4.98 Å². The number of carbonyl (C=O) groups is 1. The van der Waals surface area contributed by atoms with Gasteiger partial charge in [-0.2, -0.15) is 0 Å². The van der Waals surface area contributed by atoms with Crippen molar-refractivity contribution in [3.63, 3.8) is 0 Å². The molecule has 8 heteroatoms. The van der Waals surface area contributed by atoms with Gasteiger partial charge in [0.25, 0.3) is 5.56 Å². The Morgan fingerprint density at radius 2 is 1.94 bits per heavy atom. The van der Waals surface area contributed by atoms with Crippen molar-refractivity contribution in [1.82, 2.24) is 14.9 Å². The molecule has 2 fully saturated rings. The van der Waals surface area contributed by atoms with Crippen LogP contribution in [0, 0.1) is 6.92 Å². The highest BCUT2D eigenvalue weighted by molar-refractivity contribution is 5.90. The topological polar surface area (TPSA) is 90.6 Å². The Bertz CT molecular complexity index is 998. The Balaban J connectivity index is 1.29. The van der Waals surface area contributed by atoms with Gasteiger partial charge in [0, 0.05) is 49.0 Å². The number of piperidine rings is 1. The minimum absolute atomic E-state index is 0.108. The van der Waals surface area contributed by atoms with Crippen LogP contribution < -0.4 is 15.8 Å². The standard InChI is InChI=1S/C25H35N5O3/c1-18-5-3-4-12-30(18)17-20-6-8-21(9-7-20)27-23(31)11-10-22-19(2)26-25(28-24(22)32)29-13-15-33-16-14-29/h6-9,18H,3-5,10-17H2,1-2H3,(H,27,31)(H,26,28,32). The summed E-state index contributed by atoms with van der Waals surface area (Å²) in [7, 11) is 0. The Morgan fingerprint density at radius 1 is 1.18 bits per heavy atom. The monoisotopic (exact) mass is 453 g/mol. The van der Waals surface area contributed by atoms with Crippen LogP contribution in [0.1, 0.15) is 49.4 Å². The summed E-state index contributed by atoms with van der Waals surface area (Å²) in [5, 5.41) is 2.95. The van der Waals surface area contributed by atoms with Crippen molar-refractivity contribution >= 4 is 17.5 Å². The molecular formula is C25H35N5O3. The van der Waals surface area contributed by atoms with Crippen molar-refractivity contribution in [1.29, 1.82) is 0 Å². The van der Waals surface area contributed by atoms with Gasteiger partial charge in [0.1, 0.15) is 0 Å². The van der Waals surface area contributed by atoms with Crippen molar-refractivity contribution in [3.8, 4) is 0 Å². The number of hydrogen-bond donors (Lipinski definition) is 2. The number of aromatic nitrogens is 2. The van der Waals surface area contributed by atoms with E-state index in [9.17, 15) is 9.59 Å². The van der Waals surface area contributed by atoms with Crippen molar-refractivity contribution in [2.24, 2.45) is 0 Å². The fourth-order valence-electron chi connectivity index (χ4n) is 4.60. The Labute approximate surface area is 195 Å². The third kappa shape index (κ3) is 6.21. The van der Waals surface area contributed by atoms with Crippen LogP contribution >= 0.6 is 0 Å². The molecule has 2 aromatic rings. The number of hydrogen-bond acceptors (Lipinski definition) is 6. The maximum atomic E-state index is 12.6. The molecule has 2 aliphatic rings. The van der Waals surface area contributed by atoms with Gasteiger partial charge in [-0.1, -0.05) is 18.6 Å². The van der Waals surface area contributed by atoms with Crippen LogP contribution in [0.3, 0.4) is 0 Å². The number of likely N-dealkylation sites (tertiary alicyclic amines) is 1. The lowest BCUT2D eigenvalue weighted by Gasteiger charge is -2.33. The predicted molar refractivity (Wildman–Crippen MR) is 130 cm³/mol. The second-order valence-electron chi connectivity index (χ2n) is 9.11. The average molecular weight is 454 g/mol. The number of anilines is 2. The molecule has 178 valence electrons. The van der Waals surface area contributed by atoms with Crippen molar-refractivity contribution in [2.45, 2.75) is 58.5 Å². The number of morpholine rings is 1. The number of aromatic amines is 1. The van der Waals surface area contributed by atoms with E-state index < -0.39 is 0 Å². The molecule has 0 saturated carbocycles. The number of nitrogens with zero attached hydrogens (tertiary/aromatic N) is 3. The molecule has 1 amide bonds. The Kier molecular flexibility index (Phi) is 7.77. The van der Waals surface area contributed by atoms with Gasteiger partial charge in [-0.3, -0.25) is 19.5 Å². The minimum atomic E-state index is -0.173. The van der Waals surface area contributed by atoms with Gasteiger partial charge in [0.2, 0.25) is 11.9 Å². The second-order valence-corrected chi connectivity index (χ2v) is 9.11. The van der Waals surface area contributed by atoms with E-state index >= 15 is 0 Å². The molecule has 0 bridgehead atoms. The highest BCUT2D eigenvalue weighted by atomic mass is 16.5. The molecule has 1 aromatic heterocycles. The first-order chi connectivity index (χ1) is 16.0. The number of ether oxygens (including phenoxy) is 1. The first-order valence-corrected chi connectivity index (χ1v) is 12.0. The molecule has 0 aliphatic carbocycles. The van der Waals surface area contributed by atoms with E-state index in [2.05, 4.69) is 39.2 Å². The van der Waals surface area contributed by atoms with Crippen LogP contribution in [0.25, 0.3) is 0 Å². The summed E-state index contributed by atoms with van der Waals surface area (Å²) in [6.45, 7) is 8.90. The molecule has 4 rings (SSSR count). The molecule has 1 unspecified atom stereocenters. The SMILES string of the molecule is Cc1nc(N2CCOCC2)[nH]c(=O)c1CCC(=O)Nc1ccc(CN2CCCCC2C)cc1. The fourth-order valence-corrected chi connectivity index (χ4v) is 4.60. The molecule has 0 radical (unpaired) electrons. The zero-order chi connectivity index (χ0) is 23.2. The van der Waals surface area contributed by atoms with E-state index in [1.54, 1.807) is 0 Å². The number of benzene rings is 1. The number of amides is 1. The third-order valence-corrected chi connectivity index (χ3v) is 6.69. The predicted octanol–water partition coefficient (Wildman–Crippen LogP) is 2.86. The third-order valence-electron chi connectivity index (χ3n) is 6.69. The summed E-state index contributed by atoms with van der Waals surface area (Å²) in [5.41, 5.74) is 3.10. The number of H-pyrrole nitrogens is 1. The van der Waals surface area contributed by atoms with E-state index in [0.717, 1.165) is 18.8 Å². The Morgan fingerprint density at radius 3 is 2.64 bits per heavy atom. The van der Waals surface area contributed by atoms with Gasteiger partial charge in [-0.05, 0) is 57.4 Å². The van der Waals surface area contributed by atoms with Crippen LogP contribution in [0.15, 0.2) is 29.1 Å². The van der Waals surface area contributed by atoms with E-state index in [1.807, 2.05) is 24.0 Å². The van der Waals surface area contributed by atoms with E-state index in [1.165, 1.54) is 24.8 Å². The molecule has 8 nitrogen and oxygen atoms in total. The molecule has 33 heavy (non-hydrogen) atoms. The van der Waals surface area contributed by atoms with Gasteiger partial charge in [0.05, 0.1) is 13.2 Å². The lowest BCUT2D eigenvalue weighted by atomic mass is 10.0. The van der Waals surface area contributed by atoms with Crippen molar-refractivity contribution in [3.05, 3.63) is 51.4 Å². The second kappa shape index (κ2) is 10.9. The summed E-state index contributed by atoms with van der Waals surface area (Å²) < 4.78 is 5.36. The van der Waals surface area contributed by atoms with Gasteiger partial charge in [-0.15, -0.1) is 0 Å². The van der Waals surface area contributed by atoms with Crippen LogP contribution in [-0.2, 0) is 22.5 Å². The quantitative estimate of drug-likeness (QED) is 0.670. The first kappa shape index (κ1) is 23.4. The molecular weight excluding hydrogens is 418 g/mol. The molecule has 2 saturated heterocycles. The largest absolute Gasteiger partial charge is 0.378 e.